The molecule has 0 bridgehead atoms. The third-order valence-corrected chi connectivity index (χ3v) is 14.0. The summed E-state index contributed by atoms with van der Waals surface area (Å²) in [6, 6.07) is 0. The molecule has 0 spiro atoms. The molecule has 1 atom stereocenters. The van der Waals surface area contributed by atoms with Crippen LogP contribution < -0.4 is 0 Å². The number of carbonyl (C=O) groups excluding carboxylic acids is 3. The maximum atomic E-state index is 12.9. The highest BCUT2D eigenvalue weighted by molar-refractivity contribution is 5.71. The zero-order valence-corrected chi connectivity index (χ0v) is 51.6. The van der Waals surface area contributed by atoms with E-state index < -0.39 is 6.10 Å². The molecule has 0 saturated heterocycles. The van der Waals surface area contributed by atoms with Crippen LogP contribution in [-0.2, 0) is 28.6 Å². The smallest absolute Gasteiger partial charge is 0.306 e. The summed E-state index contributed by atoms with van der Waals surface area (Å²) < 4.78 is 16.9. The van der Waals surface area contributed by atoms with E-state index in [1.807, 2.05) is 0 Å². The second kappa shape index (κ2) is 66.3. The van der Waals surface area contributed by atoms with Gasteiger partial charge in [-0.2, -0.15) is 0 Å². The normalized spacial score (nSPS) is 12.9. The molecule has 0 heterocycles. The maximum Gasteiger partial charge on any atom is 0.306 e. The van der Waals surface area contributed by atoms with Gasteiger partial charge in [0.2, 0.25) is 0 Å². The van der Waals surface area contributed by atoms with E-state index in [0.29, 0.717) is 19.3 Å². The average Bonchev–Trinajstić information content (AvgIpc) is 3.45. The first-order valence-electron chi connectivity index (χ1n) is 33.0. The second-order valence-electron chi connectivity index (χ2n) is 21.6. The van der Waals surface area contributed by atoms with Crippen molar-refractivity contribution in [1.82, 2.24) is 0 Å². The molecule has 450 valence electrons. The summed E-state index contributed by atoms with van der Waals surface area (Å²) in [5.74, 6) is -0.995. The molecule has 0 saturated carbocycles. The van der Waals surface area contributed by atoms with Crippen LogP contribution in [0.2, 0.25) is 0 Å². The Hall–Kier alpha value is -4.19. The molecule has 0 aromatic carbocycles. The summed E-state index contributed by atoms with van der Waals surface area (Å²) in [5.41, 5.74) is 0. The van der Waals surface area contributed by atoms with Crippen LogP contribution in [0, 0.1) is 0 Å². The summed E-state index contributed by atoms with van der Waals surface area (Å²) in [5, 5.41) is 0. The molecule has 0 fully saturated rings. The minimum absolute atomic E-state index is 0.111. The van der Waals surface area contributed by atoms with Crippen LogP contribution in [0.1, 0.15) is 303 Å². The van der Waals surface area contributed by atoms with Crippen LogP contribution in [0.3, 0.4) is 0 Å². The molecule has 0 N–H and O–H groups in total. The molecular formula is C73H122O6. The van der Waals surface area contributed by atoms with E-state index >= 15 is 0 Å². The van der Waals surface area contributed by atoms with Crippen LogP contribution in [0.4, 0.5) is 0 Å². The molecule has 0 aliphatic heterocycles. The summed E-state index contributed by atoms with van der Waals surface area (Å²) in [6.45, 7) is 6.37. The molecule has 0 aliphatic carbocycles. The lowest BCUT2D eigenvalue weighted by Crippen LogP contribution is -2.30. The maximum absolute atomic E-state index is 12.9. The Bertz CT molecular complexity index is 1640. The molecule has 0 aliphatic rings. The highest BCUT2D eigenvalue weighted by Gasteiger charge is 2.19. The van der Waals surface area contributed by atoms with Gasteiger partial charge in [-0.1, -0.05) is 303 Å². The SMILES string of the molecule is CC/C=C\C/C=C\C/C=C\C/C=C\C/C=C\C/C=C\C/C=C\CCCC(=O)OC(COC(=O)CCCCC/C=C\C/C=C\C/C=C\CC)COC(=O)CCCCCCCCCCCCCCCCCCCCCCCCCCC. The van der Waals surface area contributed by atoms with E-state index in [1.165, 1.54) is 141 Å². The van der Waals surface area contributed by atoms with Gasteiger partial charge >= 0.3 is 17.9 Å². The summed E-state index contributed by atoms with van der Waals surface area (Å²) in [6.07, 6.45) is 92.3. The van der Waals surface area contributed by atoms with Crippen molar-refractivity contribution in [3.05, 3.63) is 122 Å². The van der Waals surface area contributed by atoms with Gasteiger partial charge < -0.3 is 14.2 Å². The highest BCUT2D eigenvalue weighted by Crippen LogP contribution is 2.17. The largest absolute Gasteiger partial charge is 0.462 e. The summed E-state index contributed by atoms with van der Waals surface area (Å²) >= 11 is 0. The van der Waals surface area contributed by atoms with Crippen LogP contribution in [0.5, 0.6) is 0 Å². The van der Waals surface area contributed by atoms with Crippen molar-refractivity contribution in [3.63, 3.8) is 0 Å². The van der Waals surface area contributed by atoms with E-state index in [2.05, 4.69) is 142 Å². The first-order valence-corrected chi connectivity index (χ1v) is 33.0. The molecule has 0 aromatic rings. The number of hydrogen-bond donors (Lipinski definition) is 0. The predicted molar refractivity (Wildman–Crippen MR) is 343 cm³/mol. The third kappa shape index (κ3) is 64.5. The number of unbranched alkanes of at least 4 members (excludes halogenated alkanes) is 28. The molecule has 0 amide bonds. The number of hydrogen-bond acceptors (Lipinski definition) is 6. The molecule has 0 radical (unpaired) electrons. The van der Waals surface area contributed by atoms with Gasteiger partial charge in [0.05, 0.1) is 0 Å². The Kier molecular flexibility index (Phi) is 62.8. The highest BCUT2D eigenvalue weighted by atomic mass is 16.6. The first-order chi connectivity index (χ1) is 39.0. The van der Waals surface area contributed by atoms with Crippen LogP contribution in [-0.4, -0.2) is 37.2 Å². The van der Waals surface area contributed by atoms with Crippen molar-refractivity contribution in [2.75, 3.05) is 13.2 Å². The predicted octanol–water partition coefficient (Wildman–Crippen LogP) is 22.8. The molecule has 6 nitrogen and oxygen atoms in total. The van der Waals surface area contributed by atoms with Gasteiger partial charge in [-0.05, 0) is 103 Å². The lowest BCUT2D eigenvalue weighted by Gasteiger charge is -2.18. The standard InChI is InChI=1S/C73H122O6/c1-4-7-10-13-16-19-22-25-27-29-31-33-35-36-38-39-41-43-45-48-51-54-57-60-63-66-72(75)78-69-70(68-77-71(74)65-62-59-56-53-50-47-24-21-18-15-12-9-6-3)79-73(76)67-64-61-58-55-52-49-46-44-42-40-37-34-32-30-28-26-23-20-17-14-11-8-5-2/h8-9,11-12,17-18,20-21,26,28,32,34,40,42,46-47,49-50,55,58,70H,4-7,10,13-16,19,22-25,27,29-31,33,35-39,41,43-45,48,51-54,56-57,59-69H2,1-3H3/b11-8-,12-9-,20-17-,21-18-,28-26-,34-32-,42-40-,49-46-,50-47-,58-55-. The Morgan fingerprint density at radius 3 is 0.810 bits per heavy atom. The molecule has 1 unspecified atom stereocenters. The number of allylic oxidation sites excluding steroid dienone is 20. The lowest BCUT2D eigenvalue weighted by atomic mass is 10.0. The van der Waals surface area contributed by atoms with E-state index in [4.69, 9.17) is 14.2 Å². The second-order valence-corrected chi connectivity index (χ2v) is 21.6. The van der Waals surface area contributed by atoms with Crippen LogP contribution in [0.15, 0.2) is 122 Å². The number of ether oxygens (including phenoxy) is 3. The Balaban J connectivity index is 4.40. The molecule has 6 heteroatoms. The number of rotatable bonds is 59. The van der Waals surface area contributed by atoms with Gasteiger partial charge in [-0.25, -0.2) is 0 Å². The molecule has 0 aromatic heterocycles. The Labute approximate surface area is 488 Å². The van der Waals surface area contributed by atoms with Crippen molar-refractivity contribution >= 4 is 17.9 Å². The molecule has 0 rings (SSSR count). The van der Waals surface area contributed by atoms with Crippen LogP contribution in [0.25, 0.3) is 0 Å². The van der Waals surface area contributed by atoms with E-state index in [0.717, 1.165) is 116 Å². The zero-order valence-electron chi connectivity index (χ0n) is 51.6. The monoisotopic (exact) mass is 1090 g/mol. The van der Waals surface area contributed by atoms with Crippen LogP contribution >= 0.6 is 0 Å². The fraction of sp³-hybridized carbons (Fsp3) is 0.685. The van der Waals surface area contributed by atoms with Gasteiger partial charge in [0, 0.05) is 19.3 Å². The molecule has 79 heavy (non-hydrogen) atoms. The minimum Gasteiger partial charge on any atom is -0.462 e. The Morgan fingerprint density at radius 1 is 0.266 bits per heavy atom. The third-order valence-electron chi connectivity index (χ3n) is 14.0. The van der Waals surface area contributed by atoms with Crippen molar-refractivity contribution in [1.29, 1.82) is 0 Å². The van der Waals surface area contributed by atoms with Crippen molar-refractivity contribution in [3.8, 4) is 0 Å². The van der Waals surface area contributed by atoms with Crippen molar-refractivity contribution in [2.24, 2.45) is 0 Å². The molecular weight excluding hydrogens is 973 g/mol. The van der Waals surface area contributed by atoms with Gasteiger partial charge in [-0.15, -0.1) is 0 Å². The van der Waals surface area contributed by atoms with Crippen molar-refractivity contribution in [2.45, 2.75) is 309 Å². The van der Waals surface area contributed by atoms with E-state index in [-0.39, 0.29) is 37.5 Å². The van der Waals surface area contributed by atoms with Gasteiger partial charge in [-0.3, -0.25) is 14.4 Å². The quantitative estimate of drug-likeness (QED) is 0.0261. The zero-order chi connectivity index (χ0) is 57.1. The topological polar surface area (TPSA) is 78.9 Å². The fourth-order valence-corrected chi connectivity index (χ4v) is 9.10. The fourth-order valence-electron chi connectivity index (χ4n) is 9.10. The number of carbonyl (C=O) groups is 3. The van der Waals surface area contributed by atoms with Gasteiger partial charge in [0.15, 0.2) is 6.10 Å². The van der Waals surface area contributed by atoms with E-state index in [9.17, 15) is 14.4 Å². The van der Waals surface area contributed by atoms with Crippen molar-refractivity contribution < 1.29 is 28.6 Å². The minimum atomic E-state index is -0.824. The summed E-state index contributed by atoms with van der Waals surface area (Å²) in [4.78, 5) is 38.3. The summed E-state index contributed by atoms with van der Waals surface area (Å²) in [7, 11) is 0. The lowest BCUT2D eigenvalue weighted by molar-refractivity contribution is -0.167. The van der Waals surface area contributed by atoms with Gasteiger partial charge in [0.1, 0.15) is 13.2 Å². The average molecular weight is 1100 g/mol. The first kappa shape index (κ1) is 74.8. The number of esters is 3. The van der Waals surface area contributed by atoms with E-state index in [1.54, 1.807) is 0 Å². The van der Waals surface area contributed by atoms with Gasteiger partial charge in [0.25, 0.3) is 0 Å². The Morgan fingerprint density at radius 2 is 0.506 bits per heavy atom.